The molecule has 104 valence electrons. The maximum Gasteiger partial charge on any atom is 0.335 e. The van der Waals surface area contributed by atoms with Crippen molar-refractivity contribution >= 4 is 17.6 Å². The molecule has 0 atom stereocenters. The summed E-state index contributed by atoms with van der Waals surface area (Å²) in [4.78, 5) is 14.9. The minimum absolute atomic E-state index is 0.0213. The fraction of sp³-hybridized carbons (Fsp3) is 0.143. The predicted molar refractivity (Wildman–Crippen MR) is 73.4 cm³/mol. The monoisotopic (exact) mass is 293 g/mol. The van der Waals surface area contributed by atoms with Gasteiger partial charge in [-0.25, -0.2) is 9.78 Å². The molecule has 0 unspecified atom stereocenters. The number of aromatic nitrogens is 1. The van der Waals surface area contributed by atoms with Crippen molar-refractivity contribution in [2.45, 2.75) is 6.61 Å². The minimum atomic E-state index is -1.09. The second kappa shape index (κ2) is 6.36. The van der Waals surface area contributed by atoms with Crippen LogP contribution >= 0.6 is 11.6 Å². The molecule has 0 bridgehead atoms. The highest BCUT2D eigenvalue weighted by atomic mass is 35.5. The van der Waals surface area contributed by atoms with Crippen LogP contribution in [-0.2, 0) is 11.3 Å². The number of carbonyl (C=O) groups is 1. The Morgan fingerprint density at radius 2 is 2.15 bits per heavy atom. The zero-order chi connectivity index (χ0) is 14.5. The molecule has 1 heterocycles. The van der Waals surface area contributed by atoms with Crippen LogP contribution in [0.1, 0.15) is 15.9 Å². The second-order valence-corrected chi connectivity index (χ2v) is 4.39. The number of hydrogen-bond donors (Lipinski definition) is 1. The molecule has 5 nitrogen and oxygen atoms in total. The van der Waals surface area contributed by atoms with Crippen molar-refractivity contribution in [3.8, 4) is 11.6 Å². The molecule has 0 spiro atoms. The maximum atomic E-state index is 10.9. The Bertz CT molecular complexity index is 630. The molecular weight excluding hydrogens is 282 g/mol. The molecule has 2 aromatic rings. The van der Waals surface area contributed by atoms with Gasteiger partial charge < -0.3 is 14.6 Å². The summed E-state index contributed by atoms with van der Waals surface area (Å²) in [5.74, 6) is -0.428. The van der Waals surface area contributed by atoms with Gasteiger partial charge in [-0.2, -0.15) is 0 Å². The Morgan fingerprint density at radius 1 is 1.35 bits per heavy atom. The number of carboxylic acid groups (broad SMARTS) is 1. The summed E-state index contributed by atoms with van der Waals surface area (Å²) >= 11 is 5.77. The Hall–Kier alpha value is -2.11. The molecule has 0 aliphatic carbocycles. The molecule has 0 saturated heterocycles. The lowest BCUT2D eigenvalue weighted by Crippen LogP contribution is -1.99. The number of pyridine rings is 1. The summed E-state index contributed by atoms with van der Waals surface area (Å²) in [5, 5.41) is 9.02. The van der Waals surface area contributed by atoms with Gasteiger partial charge >= 0.3 is 5.97 Å². The summed E-state index contributed by atoms with van der Waals surface area (Å²) in [7, 11) is 1.60. The third-order valence-corrected chi connectivity index (χ3v) is 2.64. The van der Waals surface area contributed by atoms with E-state index in [2.05, 4.69) is 4.98 Å². The molecule has 6 heteroatoms. The van der Waals surface area contributed by atoms with E-state index in [1.807, 2.05) is 12.1 Å². The van der Waals surface area contributed by atoms with Crippen LogP contribution in [0.5, 0.6) is 11.6 Å². The predicted octanol–water partition coefficient (Wildman–Crippen LogP) is 3.37. The molecule has 2 rings (SSSR count). The van der Waals surface area contributed by atoms with Crippen LogP contribution in [0.3, 0.4) is 0 Å². The topological polar surface area (TPSA) is 68.7 Å². The molecule has 1 aromatic carbocycles. The molecule has 0 amide bonds. The number of nitrogens with zero attached hydrogens (tertiary/aromatic N) is 1. The summed E-state index contributed by atoms with van der Waals surface area (Å²) in [5.41, 5.74) is 0.957. The fourth-order valence-corrected chi connectivity index (χ4v) is 1.84. The second-order valence-electron chi connectivity index (χ2n) is 4.00. The smallest absolute Gasteiger partial charge is 0.335 e. The van der Waals surface area contributed by atoms with Gasteiger partial charge in [-0.1, -0.05) is 23.7 Å². The van der Waals surface area contributed by atoms with Gasteiger partial charge in [0.2, 0.25) is 5.88 Å². The van der Waals surface area contributed by atoms with E-state index in [9.17, 15) is 4.79 Å². The van der Waals surface area contributed by atoms with Crippen molar-refractivity contribution in [1.29, 1.82) is 0 Å². The number of ether oxygens (including phenoxy) is 2. The van der Waals surface area contributed by atoms with Gasteiger partial charge in [-0.3, -0.25) is 0 Å². The van der Waals surface area contributed by atoms with Crippen LogP contribution < -0.4 is 4.74 Å². The van der Waals surface area contributed by atoms with Crippen LogP contribution in [0, 0.1) is 0 Å². The first-order chi connectivity index (χ1) is 9.58. The van der Waals surface area contributed by atoms with Crippen LogP contribution in [0.15, 0.2) is 36.4 Å². The van der Waals surface area contributed by atoms with E-state index in [-0.39, 0.29) is 16.6 Å². The van der Waals surface area contributed by atoms with Crippen LogP contribution in [0.4, 0.5) is 0 Å². The number of halogens is 1. The lowest BCUT2D eigenvalue weighted by atomic mass is 10.2. The molecule has 1 aromatic heterocycles. The SMILES string of the molecule is COCc1cccc(Oc2cc(C(=O)O)cc(Cl)n2)c1. The molecule has 20 heavy (non-hydrogen) atoms. The Labute approximate surface area is 120 Å². The normalized spacial score (nSPS) is 10.3. The van der Waals surface area contributed by atoms with Gasteiger partial charge in [0.1, 0.15) is 10.9 Å². The van der Waals surface area contributed by atoms with E-state index in [4.69, 9.17) is 26.2 Å². The first-order valence-electron chi connectivity index (χ1n) is 5.75. The molecular formula is C14H12ClNO4. The maximum absolute atomic E-state index is 10.9. The van der Waals surface area contributed by atoms with E-state index in [1.165, 1.54) is 12.1 Å². The Morgan fingerprint density at radius 3 is 2.85 bits per heavy atom. The molecule has 0 radical (unpaired) electrons. The standard InChI is InChI=1S/C14H12ClNO4/c1-19-8-9-3-2-4-11(5-9)20-13-7-10(14(17)18)6-12(15)16-13/h2-7H,8H2,1H3,(H,17,18). The number of aromatic carboxylic acids is 1. The van der Waals surface area contributed by atoms with Gasteiger partial charge in [0.15, 0.2) is 0 Å². The highest BCUT2D eigenvalue weighted by molar-refractivity contribution is 6.29. The van der Waals surface area contributed by atoms with Crippen molar-refractivity contribution in [1.82, 2.24) is 4.98 Å². The quantitative estimate of drug-likeness (QED) is 0.856. The zero-order valence-corrected chi connectivity index (χ0v) is 11.4. The van der Waals surface area contributed by atoms with Crippen molar-refractivity contribution in [2.75, 3.05) is 7.11 Å². The molecule has 0 saturated carbocycles. The number of methoxy groups -OCH3 is 1. The van der Waals surface area contributed by atoms with Crippen molar-refractivity contribution in [3.05, 3.63) is 52.7 Å². The lowest BCUT2D eigenvalue weighted by Gasteiger charge is -2.07. The highest BCUT2D eigenvalue weighted by Crippen LogP contribution is 2.23. The Kier molecular flexibility index (Phi) is 4.55. The average Bonchev–Trinajstić information content (AvgIpc) is 2.38. The summed E-state index contributed by atoms with van der Waals surface area (Å²) < 4.78 is 10.6. The number of rotatable bonds is 5. The lowest BCUT2D eigenvalue weighted by molar-refractivity contribution is 0.0696. The van der Waals surface area contributed by atoms with E-state index in [0.29, 0.717) is 12.4 Å². The van der Waals surface area contributed by atoms with Crippen LogP contribution in [0.25, 0.3) is 0 Å². The molecule has 0 aliphatic heterocycles. The number of benzene rings is 1. The fourth-order valence-electron chi connectivity index (χ4n) is 1.63. The minimum Gasteiger partial charge on any atom is -0.478 e. The summed E-state index contributed by atoms with van der Waals surface area (Å²) in [6.07, 6.45) is 0. The molecule has 1 N–H and O–H groups in total. The van der Waals surface area contributed by atoms with Gasteiger partial charge in [0.05, 0.1) is 12.2 Å². The number of carboxylic acids is 1. The highest BCUT2D eigenvalue weighted by Gasteiger charge is 2.09. The first kappa shape index (κ1) is 14.3. The van der Waals surface area contributed by atoms with Gasteiger partial charge in [-0.15, -0.1) is 0 Å². The third kappa shape index (κ3) is 3.69. The van der Waals surface area contributed by atoms with Crippen molar-refractivity contribution < 1.29 is 19.4 Å². The van der Waals surface area contributed by atoms with E-state index >= 15 is 0 Å². The molecule has 0 aliphatic rings. The van der Waals surface area contributed by atoms with Gasteiger partial charge in [0.25, 0.3) is 0 Å². The van der Waals surface area contributed by atoms with Crippen LogP contribution in [-0.4, -0.2) is 23.2 Å². The summed E-state index contributed by atoms with van der Waals surface area (Å²) in [6.45, 7) is 0.459. The van der Waals surface area contributed by atoms with Crippen LogP contribution in [0.2, 0.25) is 5.15 Å². The Balaban J connectivity index is 2.25. The van der Waals surface area contributed by atoms with Crippen molar-refractivity contribution in [3.63, 3.8) is 0 Å². The van der Waals surface area contributed by atoms with Gasteiger partial charge in [0, 0.05) is 13.2 Å². The average molecular weight is 294 g/mol. The largest absolute Gasteiger partial charge is 0.478 e. The number of hydrogen-bond acceptors (Lipinski definition) is 4. The van der Waals surface area contributed by atoms with E-state index < -0.39 is 5.97 Å². The zero-order valence-electron chi connectivity index (χ0n) is 10.7. The van der Waals surface area contributed by atoms with Gasteiger partial charge in [-0.05, 0) is 23.8 Å². The van der Waals surface area contributed by atoms with Crippen molar-refractivity contribution in [2.24, 2.45) is 0 Å². The first-order valence-corrected chi connectivity index (χ1v) is 6.13. The van der Waals surface area contributed by atoms with E-state index in [1.54, 1.807) is 19.2 Å². The third-order valence-electron chi connectivity index (χ3n) is 2.45. The summed E-state index contributed by atoms with van der Waals surface area (Å²) in [6, 6.07) is 9.81. The molecule has 0 fully saturated rings. The van der Waals surface area contributed by atoms with E-state index in [0.717, 1.165) is 5.56 Å².